The van der Waals surface area contributed by atoms with Crippen LogP contribution in [0, 0.1) is 0 Å². The van der Waals surface area contributed by atoms with Crippen molar-refractivity contribution in [1.29, 1.82) is 0 Å². The van der Waals surface area contributed by atoms with Crippen molar-refractivity contribution < 1.29 is 47.4 Å². The van der Waals surface area contributed by atoms with E-state index < -0.39 is 0 Å². The molecule has 2 aliphatic heterocycles. The minimum absolute atomic E-state index is 0.478. The molecule has 0 saturated heterocycles. The lowest BCUT2D eigenvalue weighted by molar-refractivity contribution is -0.0149. The topological polar surface area (TPSA) is 92.3 Å². The first-order valence-electron chi connectivity index (χ1n) is 15.3. The van der Waals surface area contributed by atoms with Gasteiger partial charge in [-0.05, 0) is 22.3 Å². The summed E-state index contributed by atoms with van der Waals surface area (Å²) in [6, 6.07) is 12.6. The number of hydrogen-bond donors (Lipinski definition) is 0. The zero-order valence-corrected chi connectivity index (χ0v) is 27.1. The molecule has 0 unspecified atom stereocenters. The molecule has 2 aromatic rings. The van der Waals surface area contributed by atoms with E-state index in [2.05, 4.69) is 36.4 Å². The average Bonchev–Trinajstić information content (AvgIpc) is 3.04. The minimum Gasteiger partial charge on any atom is -0.377 e. The monoisotopic (exact) mass is 654 g/mol. The molecule has 0 atom stereocenters. The van der Waals surface area contributed by atoms with Crippen LogP contribution in [0.25, 0.3) is 0 Å². The van der Waals surface area contributed by atoms with Gasteiger partial charge in [0.05, 0.1) is 132 Å². The Kier molecular flexibility index (Phi) is 18.7. The standard InChI is InChI=1S/C32H46O10S2/c1-3-27-23-39-19-15-35-11-7-33-8-12-36-16-20-40-24-28(4-1)31(27)43-44-32-29-5-2-6-30(32)26-42-22-18-38-14-10-34-9-13-37-17-21-41-25-29/h1-6H,7-26H2. The number of ether oxygens (including phenoxy) is 10. The number of rotatable bonds is 3. The second kappa shape index (κ2) is 23.1. The molecule has 0 N–H and O–H groups in total. The molecule has 0 radical (unpaired) electrons. The van der Waals surface area contributed by atoms with Crippen molar-refractivity contribution in [3.8, 4) is 0 Å². The van der Waals surface area contributed by atoms with Crippen molar-refractivity contribution in [2.45, 2.75) is 36.2 Å². The Hall–Kier alpha value is -1.26. The molecule has 0 saturated carbocycles. The van der Waals surface area contributed by atoms with Crippen LogP contribution >= 0.6 is 21.6 Å². The predicted molar refractivity (Wildman–Crippen MR) is 168 cm³/mol. The molecular formula is C32H46O10S2. The molecule has 2 aliphatic rings. The molecule has 10 nitrogen and oxygen atoms in total. The molecule has 4 rings (SSSR count). The van der Waals surface area contributed by atoms with E-state index in [9.17, 15) is 0 Å². The van der Waals surface area contributed by atoms with Gasteiger partial charge >= 0.3 is 0 Å². The fraction of sp³-hybridized carbons (Fsp3) is 0.625. The highest BCUT2D eigenvalue weighted by atomic mass is 33.1. The molecule has 2 aromatic carbocycles. The van der Waals surface area contributed by atoms with Crippen LogP contribution in [0.5, 0.6) is 0 Å². The molecule has 44 heavy (non-hydrogen) atoms. The molecule has 0 spiro atoms. The highest BCUT2D eigenvalue weighted by molar-refractivity contribution is 8.76. The van der Waals surface area contributed by atoms with Crippen molar-refractivity contribution in [3.05, 3.63) is 58.7 Å². The van der Waals surface area contributed by atoms with Gasteiger partial charge in [-0.3, -0.25) is 0 Å². The molecule has 0 aromatic heterocycles. The Labute approximate surface area is 269 Å². The van der Waals surface area contributed by atoms with Gasteiger partial charge < -0.3 is 47.4 Å². The van der Waals surface area contributed by atoms with Crippen molar-refractivity contribution in [1.82, 2.24) is 0 Å². The van der Waals surface area contributed by atoms with Gasteiger partial charge in [0.25, 0.3) is 0 Å². The number of benzene rings is 2. The van der Waals surface area contributed by atoms with E-state index >= 15 is 0 Å². The van der Waals surface area contributed by atoms with Crippen LogP contribution in [0.3, 0.4) is 0 Å². The van der Waals surface area contributed by atoms with Crippen molar-refractivity contribution in [2.24, 2.45) is 0 Å². The zero-order chi connectivity index (χ0) is 30.3. The van der Waals surface area contributed by atoms with Crippen LogP contribution in [0.15, 0.2) is 46.2 Å². The summed E-state index contributed by atoms with van der Waals surface area (Å²) in [5.74, 6) is 0. The maximum atomic E-state index is 6.02. The van der Waals surface area contributed by atoms with Crippen molar-refractivity contribution in [2.75, 3.05) is 106 Å². The number of fused-ring (bicyclic) bond motifs is 4. The van der Waals surface area contributed by atoms with Crippen LogP contribution in [-0.4, -0.2) is 106 Å². The summed E-state index contributed by atoms with van der Waals surface area (Å²) >= 11 is 0. The first-order chi connectivity index (χ1) is 21.9. The van der Waals surface area contributed by atoms with Gasteiger partial charge in [0.2, 0.25) is 0 Å². The summed E-state index contributed by atoms with van der Waals surface area (Å²) in [5, 5.41) is 0. The van der Waals surface area contributed by atoms with E-state index in [1.165, 1.54) is 0 Å². The normalized spacial score (nSPS) is 20.5. The van der Waals surface area contributed by atoms with Gasteiger partial charge in [-0.15, -0.1) is 0 Å². The Bertz CT molecular complexity index is 894. The van der Waals surface area contributed by atoms with Gasteiger partial charge in [0, 0.05) is 9.79 Å². The van der Waals surface area contributed by atoms with Gasteiger partial charge in [-0.25, -0.2) is 0 Å². The van der Waals surface area contributed by atoms with Crippen LogP contribution in [0.2, 0.25) is 0 Å². The van der Waals surface area contributed by atoms with Crippen LogP contribution in [0.4, 0.5) is 0 Å². The van der Waals surface area contributed by atoms with Gasteiger partial charge in [-0.2, -0.15) is 0 Å². The average molecular weight is 655 g/mol. The first kappa shape index (κ1) is 35.6. The third-order valence-corrected chi connectivity index (χ3v) is 9.29. The number of hydrogen-bond acceptors (Lipinski definition) is 12. The maximum absolute atomic E-state index is 6.02. The molecule has 0 aliphatic carbocycles. The Morgan fingerprint density at radius 3 is 0.727 bits per heavy atom. The maximum Gasteiger partial charge on any atom is 0.0729 e. The largest absolute Gasteiger partial charge is 0.377 e. The smallest absolute Gasteiger partial charge is 0.0729 e. The minimum atomic E-state index is 0.478. The first-order valence-corrected chi connectivity index (χ1v) is 17.4. The SMILES string of the molecule is c1cc2c(SSc3c4cccc3COCCOCCOCCOCCOC4)c(c1)COCCOCCOCCOCCOC2. The Morgan fingerprint density at radius 2 is 0.500 bits per heavy atom. The Balaban J connectivity index is 1.47. The second-order valence-electron chi connectivity index (χ2n) is 9.86. The van der Waals surface area contributed by atoms with E-state index in [0.29, 0.717) is 132 Å². The molecule has 0 amide bonds. The molecule has 246 valence electrons. The van der Waals surface area contributed by atoms with Gasteiger partial charge in [0.1, 0.15) is 0 Å². The highest BCUT2D eigenvalue weighted by Gasteiger charge is 2.16. The summed E-state index contributed by atoms with van der Waals surface area (Å²) in [4.78, 5) is 2.27. The fourth-order valence-corrected chi connectivity index (χ4v) is 7.20. The molecule has 12 heteroatoms. The summed E-state index contributed by atoms with van der Waals surface area (Å²) in [6.45, 7) is 10.3. The van der Waals surface area contributed by atoms with Crippen LogP contribution < -0.4 is 0 Å². The van der Waals surface area contributed by atoms with Gasteiger partial charge in [0.15, 0.2) is 0 Å². The van der Waals surface area contributed by atoms with E-state index in [1.807, 2.05) is 0 Å². The molecule has 2 heterocycles. The van der Waals surface area contributed by atoms with E-state index in [-0.39, 0.29) is 0 Å². The molecule has 4 bridgehead atoms. The van der Waals surface area contributed by atoms with Crippen molar-refractivity contribution in [3.63, 3.8) is 0 Å². The van der Waals surface area contributed by atoms with E-state index in [0.717, 1.165) is 32.0 Å². The highest BCUT2D eigenvalue weighted by Crippen LogP contribution is 2.44. The summed E-state index contributed by atoms with van der Waals surface area (Å²) in [7, 11) is 3.43. The zero-order valence-electron chi connectivity index (χ0n) is 25.5. The summed E-state index contributed by atoms with van der Waals surface area (Å²) in [6.07, 6.45) is 0. The Morgan fingerprint density at radius 1 is 0.295 bits per heavy atom. The molecule has 0 fully saturated rings. The third-order valence-electron chi connectivity index (χ3n) is 6.57. The lowest BCUT2D eigenvalue weighted by Gasteiger charge is -2.18. The lowest BCUT2D eigenvalue weighted by Crippen LogP contribution is -2.14. The van der Waals surface area contributed by atoms with Crippen molar-refractivity contribution >= 4 is 21.6 Å². The summed E-state index contributed by atoms with van der Waals surface area (Å²) in [5.41, 5.74) is 4.43. The fourth-order valence-electron chi connectivity index (χ4n) is 4.31. The van der Waals surface area contributed by atoms with Crippen LogP contribution in [0.1, 0.15) is 22.3 Å². The second-order valence-corrected chi connectivity index (χ2v) is 12.0. The van der Waals surface area contributed by atoms with Crippen LogP contribution in [-0.2, 0) is 73.8 Å². The lowest BCUT2D eigenvalue weighted by atomic mass is 10.1. The summed E-state index contributed by atoms with van der Waals surface area (Å²) < 4.78 is 57.7. The van der Waals surface area contributed by atoms with E-state index in [4.69, 9.17) is 47.4 Å². The quantitative estimate of drug-likeness (QED) is 0.431. The predicted octanol–water partition coefficient (Wildman–Crippen LogP) is 4.68. The van der Waals surface area contributed by atoms with Gasteiger partial charge in [-0.1, -0.05) is 58.0 Å². The third kappa shape index (κ3) is 14.0. The van der Waals surface area contributed by atoms with E-state index in [1.54, 1.807) is 21.6 Å². The molecular weight excluding hydrogens is 608 g/mol.